The van der Waals surface area contributed by atoms with Gasteiger partial charge >= 0.3 is 0 Å². The Morgan fingerprint density at radius 3 is 1.02 bits per heavy atom. The topological polar surface area (TPSA) is 34.1 Å². The molecule has 8 aromatic rings. The third kappa shape index (κ3) is 5.28. The van der Waals surface area contributed by atoms with Crippen molar-refractivity contribution in [2.45, 2.75) is 13.8 Å². The van der Waals surface area contributed by atoms with Crippen LogP contribution in [0.4, 0.5) is 0 Å². The van der Waals surface area contributed by atoms with E-state index in [0.29, 0.717) is 0 Å². The average Bonchev–Trinajstić information content (AvgIpc) is 3.17. The molecule has 0 aromatic heterocycles. The number of hydrogen-bond acceptors (Lipinski definition) is 2. The summed E-state index contributed by atoms with van der Waals surface area (Å²) >= 11 is 0. The fourth-order valence-corrected chi connectivity index (χ4v) is 12.9. The van der Waals surface area contributed by atoms with E-state index in [1.807, 2.05) is 140 Å². The van der Waals surface area contributed by atoms with E-state index in [1.54, 1.807) is 0 Å². The zero-order valence-corrected chi connectivity index (χ0v) is 29.8. The molecule has 0 spiro atoms. The van der Waals surface area contributed by atoms with Crippen LogP contribution >= 0.6 is 14.3 Å². The lowest BCUT2D eigenvalue weighted by Crippen LogP contribution is -2.30. The van der Waals surface area contributed by atoms with Crippen molar-refractivity contribution >= 4 is 67.7 Å². The second-order valence-electron chi connectivity index (χ2n) is 12.9. The van der Waals surface area contributed by atoms with Gasteiger partial charge in [0.25, 0.3) is 0 Å². The molecule has 242 valence electrons. The first-order chi connectivity index (χ1) is 24.4. The van der Waals surface area contributed by atoms with Crippen LogP contribution in [0, 0.1) is 13.8 Å². The molecule has 0 aliphatic rings. The zero-order chi connectivity index (χ0) is 34.3. The monoisotopic (exact) mass is 682 g/mol. The lowest BCUT2D eigenvalue weighted by molar-refractivity contribution is 0.591. The minimum absolute atomic E-state index is 0.727. The van der Waals surface area contributed by atoms with Gasteiger partial charge in [-0.25, -0.2) is 0 Å². The molecule has 0 unspecified atom stereocenters. The highest BCUT2D eigenvalue weighted by atomic mass is 31.2. The summed E-state index contributed by atoms with van der Waals surface area (Å²) in [5.41, 5.74) is 3.91. The summed E-state index contributed by atoms with van der Waals surface area (Å²) in [5.74, 6) is 0. The van der Waals surface area contributed by atoms with E-state index in [2.05, 4.69) is 56.3 Å². The van der Waals surface area contributed by atoms with Gasteiger partial charge in [0.1, 0.15) is 0 Å². The van der Waals surface area contributed by atoms with Crippen LogP contribution in [-0.4, -0.2) is 0 Å². The standard InChI is InChI=1S/C46H36O2P2/c1-33-21-27-39(28-22-33)50(48,40-29-23-34(2)24-30-40)44-32-26-36-14-10-12-20-42(36)46(44)45-41-19-11-9-13-35(41)25-31-43(45)49(47,37-15-5-3-6-16-37)38-17-7-4-8-18-38/h3-32H,1-2H3. The molecule has 0 fully saturated rings. The van der Waals surface area contributed by atoms with E-state index in [9.17, 15) is 0 Å². The lowest BCUT2D eigenvalue weighted by atomic mass is 9.93. The Kier molecular flexibility index (Phi) is 8.24. The maximum Gasteiger partial charge on any atom is 0.171 e. The Bertz CT molecular complexity index is 2500. The predicted octanol–water partition coefficient (Wildman–Crippen LogP) is 9.56. The van der Waals surface area contributed by atoms with E-state index in [1.165, 1.54) is 0 Å². The molecule has 8 aromatic carbocycles. The maximum absolute atomic E-state index is 16.4. The molecule has 0 heterocycles. The van der Waals surface area contributed by atoms with Gasteiger partial charge in [0, 0.05) is 43.0 Å². The Morgan fingerprint density at radius 1 is 0.320 bits per heavy atom. The third-order valence-corrected chi connectivity index (χ3v) is 16.0. The van der Waals surface area contributed by atoms with Crippen LogP contribution < -0.4 is 31.8 Å². The van der Waals surface area contributed by atoms with Gasteiger partial charge in [-0.1, -0.05) is 181 Å². The van der Waals surface area contributed by atoms with Gasteiger partial charge in [-0.3, -0.25) is 0 Å². The second kappa shape index (κ2) is 12.9. The average molecular weight is 683 g/mol. The summed E-state index contributed by atoms with van der Waals surface area (Å²) < 4.78 is 32.7. The van der Waals surface area contributed by atoms with Crippen LogP contribution in [0.5, 0.6) is 0 Å². The molecule has 0 aliphatic heterocycles. The number of hydrogen-bond donors (Lipinski definition) is 0. The summed E-state index contributed by atoms with van der Waals surface area (Å²) in [6.45, 7) is 4.10. The SMILES string of the molecule is Cc1ccc(P(=O)(c2ccc(C)cc2)c2ccc3ccccc3c2-c2c(P(=O)(c3ccccc3)c3ccccc3)ccc3ccccc23)cc1. The van der Waals surface area contributed by atoms with Crippen LogP contribution in [0.25, 0.3) is 32.7 Å². The van der Waals surface area contributed by atoms with Gasteiger partial charge in [-0.05, 0) is 47.5 Å². The number of aryl methyl sites for hydroxylation is 2. The van der Waals surface area contributed by atoms with Gasteiger partial charge in [-0.15, -0.1) is 0 Å². The first-order valence-corrected chi connectivity index (χ1v) is 20.3. The molecular weight excluding hydrogens is 646 g/mol. The van der Waals surface area contributed by atoms with Crippen molar-refractivity contribution < 1.29 is 9.13 Å². The van der Waals surface area contributed by atoms with Crippen molar-refractivity contribution in [2.75, 3.05) is 0 Å². The number of fused-ring (bicyclic) bond motifs is 2. The molecule has 0 saturated carbocycles. The molecule has 0 atom stereocenters. The molecule has 0 N–H and O–H groups in total. The molecule has 4 heteroatoms. The highest BCUT2D eigenvalue weighted by Gasteiger charge is 2.38. The van der Waals surface area contributed by atoms with Crippen molar-refractivity contribution in [3.8, 4) is 11.1 Å². The van der Waals surface area contributed by atoms with Crippen LogP contribution in [0.1, 0.15) is 11.1 Å². The summed E-state index contributed by atoms with van der Waals surface area (Å²) in [6, 6.07) is 60.7. The molecule has 0 saturated heterocycles. The number of benzene rings is 8. The molecule has 8 rings (SSSR count). The molecule has 50 heavy (non-hydrogen) atoms. The summed E-state index contributed by atoms with van der Waals surface area (Å²) in [7, 11) is -6.99. The minimum Gasteiger partial charge on any atom is -0.309 e. The van der Waals surface area contributed by atoms with E-state index in [4.69, 9.17) is 0 Å². The van der Waals surface area contributed by atoms with Crippen LogP contribution in [0.2, 0.25) is 0 Å². The Morgan fingerprint density at radius 2 is 0.640 bits per heavy atom. The summed E-state index contributed by atoms with van der Waals surface area (Å²) in [6.07, 6.45) is 0. The Labute approximate surface area is 293 Å². The van der Waals surface area contributed by atoms with Gasteiger partial charge in [0.2, 0.25) is 0 Å². The Balaban J connectivity index is 1.58. The predicted molar refractivity (Wildman–Crippen MR) is 215 cm³/mol. The van der Waals surface area contributed by atoms with Gasteiger partial charge in [0.15, 0.2) is 14.3 Å². The van der Waals surface area contributed by atoms with Gasteiger partial charge in [-0.2, -0.15) is 0 Å². The first-order valence-electron chi connectivity index (χ1n) is 16.9. The highest BCUT2D eigenvalue weighted by Crippen LogP contribution is 2.51. The van der Waals surface area contributed by atoms with Crippen molar-refractivity contribution in [1.29, 1.82) is 0 Å². The quantitative estimate of drug-likeness (QED) is 0.157. The fourth-order valence-electron chi connectivity index (χ4n) is 7.21. The van der Waals surface area contributed by atoms with Crippen LogP contribution in [-0.2, 0) is 9.13 Å². The van der Waals surface area contributed by atoms with E-state index in [0.717, 1.165) is 75.6 Å². The van der Waals surface area contributed by atoms with Crippen molar-refractivity contribution in [3.63, 3.8) is 0 Å². The molecule has 2 nitrogen and oxygen atoms in total. The second-order valence-corrected chi connectivity index (χ2v) is 18.4. The van der Waals surface area contributed by atoms with Crippen molar-refractivity contribution in [3.05, 3.63) is 193 Å². The summed E-state index contributed by atoms with van der Waals surface area (Å²) in [5, 5.41) is 8.48. The minimum atomic E-state index is -3.51. The molecule has 0 radical (unpaired) electrons. The molecule has 0 bridgehead atoms. The van der Waals surface area contributed by atoms with Crippen LogP contribution in [0.3, 0.4) is 0 Å². The zero-order valence-electron chi connectivity index (χ0n) is 28.0. The van der Waals surface area contributed by atoms with Crippen molar-refractivity contribution in [1.82, 2.24) is 0 Å². The Hall–Kier alpha value is -5.26. The van der Waals surface area contributed by atoms with Crippen molar-refractivity contribution in [2.24, 2.45) is 0 Å². The molecule has 0 amide bonds. The van der Waals surface area contributed by atoms with E-state index < -0.39 is 14.3 Å². The van der Waals surface area contributed by atoms with Crippen LogP contribution in [0.15, 0.2) is 182 Å². The van der Waals surface area contributed by atoms with Gasteiger partial charge < -0.3 is 9.13 Å². The largest absolute Gasteiger partial charge is 0.309 e. The van der Waals surface area contributed by atoms with E-state index in [-0.39, 0.29) is 0 Å². The summed E-state index contributed by atoms with van der Waals surface area (Å²) in [4.78, 5) is 0. The third-order valence-electron chi connectivity index (χ3n) is 9.78. The van der Waals surface area contributed by atoms with Gasteiger partial charge in [0.05, 0.1) is 0 Å². The maximum atomic E-state index is 16.4. The molecular formula is C46H36O2P2. The smallest absolute Gasteiger partial charge is 0.171 e. The first kappa shape index (κ1) is 32.0. The van der Waals surface area contributed by atoms with E-state index >= 15 is 9.13 Å². The normalized spacial score (nSPS) is 12.0. The highest BCUT2D eigenvalue weighted by molar-refractivity contribution is 7.86. The number of rotatable bonds is 7. The fraction of sp³-hybridized carbons (Fsp3) is 0.0435. The molecule has 0 aliphatic carbocycles. The lowest BCUT2D eigenvalue weighted by Gasteiger charge is -2.28.